The maximum atomic E-state index is 9.32. The van der Waals surface area contributed by atoms with Gasteiger partial charge in [0.1, 0.15) is 9.34 Å². The fraction of sp³-hybridized carbons (Fsp3) is 0.286. The molecule has 0 saturated carbocycles. The second kappa shape index (κ2) is 3.10. The van der Waals surface area contributed by atoms with Crippen LogP contribution in [-0.4, -0.2) is 14.4 Å². The summed E-state index contributed by atoms with van der Waals surface area (Å²) in [5, 5.41) is 17.8. The molecule has 0 bridgehead atoms. The van der Waals surface area contributed by atoms with E-state index in [1.165, 1.54) is 0 Å². The van der Waals surface area contributed by atoms with Gasteiger partial charge in [0.05, 0.1) is 11.6 Å². The highest BCUT2D eigenvalue weighted by Crippen LogP contribution is 2.36. The minimum absolute atomic E-state index is 0.532. The van der Waals surface area contributed by atoms with Crippen molar-refractivity contribution in [1.82, 2.24) is 0 Å². The molecule has 0 aromatic heterocycles. The number of rotatable bonds is 0. The van der Waals surface area contributed by atoms with Crippen LogP contribution in [0.25, 0.3) is 0 Å². The van der Waals surface area contributed by atoms with Gasteiger partial charge in [0.2, 0.25) is 0 Å². The zero-order valence-corrected chi connectivity index (χ0v) is 8.63. The van der Waals surface area contributed by atoms with Gasteiger partial charge in [-0.25, -0.2) is 0 Å². The average Bonchev–Trinajstić information content (AvgIpc) is 1.95. The highest BCUT2D eigenvalue weighted by Gasteiger charge is 2.30. The lowest BCUT2D eigenvalue weighted by Gasteiger charge is -2.23. The average molecular weight is 279 g/mol. The largest absolute Gasteiger partial charge is 0.386 e. The van der Waals surface area contributed by atoms with Gasteiger partial charge in [0.15, 0.2) is 0 Å². The number of nitriles is 1. The Kier molecular flexibility index (Phi) is 2.53. The molecule has 11 heavy (non-hydrogen) atoms. The lowest BCUT2D eigenvalue weighted by Crippen LogP contribution is -2.28. The highest BCUT2D eigenvalue weighted by molar-refractivity contribution is 9.25. The maximum Gasteiger partial charge on any atom is 0.129 e. The van der Waals surface area contributed by atoms with Gasteiger partial charge >= 0.3 is 0 Å². The van der Waals surface area contributed by atoms with E-state index >= 15 is 0 Å². The smallest absolute Gasteiger partial charge is 0.129 e. The second-order valence-electron chi connectivity index (χ2n) is 2.19. The third-order valence-corrected chi connectivity index (χ3v) is 2.73. The van der Waals surface area contributed by atoms with Crippen LogP contribution in [0.3, 0.4) is 0 Å². The maximum absolute atomic E-state index is 9.32. The first-order valence-corrected chi connectivity index (χ1v) is 4.52. The number of allylic oxidation sites excluding steroid dienone is 2. The molecule has 4 heteroatoms. The Bertz CT molecular complexity index is 262. The zero-order valence-electron chi connectivity index (χ0n) is 5.46. The quantitative estimate of drug-likeness (QED) is 0.688. The van der Waals surface area contributed by atoms with Crippen LogP contribution < -0.4 is 0 Å². The van der Waals surface area contributed by atoms with Gasteiger partial charge < -0.3 is 5.11 Å². The first kappa shape index (κ1) is 8.98. The van der Waals surface area contributed by atoms with Crippen LogP contribution in [0.15, 0.2) is 23.8 Å². The fourth-order valence-electron chi connectivity index (χ4n) is 0.733. The molecular formula is C7H5Br2NO. The van der Waals surface area contributed by atoms with Gasteiger partial charge in [-0.15, -0.1) is 0 Å². The van der Waals surface area contributed by atoms with Crippen molar-refractivity contribution in [2.75, 3.05) is 0 Å². The van der Waals surface area contributed by atoms with E-state index in [-0.39, 0.29) is 0 Å². The summed E-state index contributed by atoms with van der Waals surface area (Å²) in [5.74, 6) is 0. The lowest BCUT2D eigenvalue weighted by atomic mass is 10.1. The van der Waals surface area contributed by atoms with Gasteiger partial charge in [-0.05, 0) is 12.2 Å². The molecule has 1 aliphatic carbocycles. The minimum Gasteiger partial charge on any atom is -0.386 e. The van der Waals surface area contributed by atoms with Crippen LogP contribution in [0.2, 0.25) is 0 Å². The van der Waals surface area contributed by atoms with Crippen LogP contribution in [0.5, 0.6) is 0 Å². The molecule has 1 N–H and O–H groups in total. The molecule has 0 heterocycles. The molecule has 1 aliphatic rings. The van der Waals surface area contributed by atoms with Crippen LogP contribution >= 0.6 is 31.9 Å². The molecule has 0 aromatic rings. The predicted octanol–water partition coefficient (Wildman–Crippen LogP) is 1.85. The topological polar surface area (TPSA) is 44.0 Å². The van der Waals surface area contributed by atoms with E-state index in [0.29, 0.717) is 5.57 Å². The number of alkyl halides is 2. The third kappa shape index (κ3) is 1.92. The van der Waals surface area contributed by atoms with E-state index in [9.17, 15) is 5.11 Å². The summed E-state index contributed by atoms with van der Waals surface area (Å²) in [5.41, 5.74) is 0.532. The van der Waals surface area contributed by atoms with Crippen molar-refractivity contribution >= 4 is 31.9 Å². The van der Waals surface area contributed by atoms with E-state index < -0.39 is 9.34 Å². The van der Waals surface area contributed by atoms with Crippen LogP contribution in [0.4, 0.5) is 0 Å². The Balaban J connectivity index is 2.96. The number of aliphatic hydroxyl groups is 1. The van der Waals surface area contributed by atoms with Crippen molar-refractivity contribution in [2.24, 2.45) is 0 Å². The number of halogens is 2. The van der Waals surface area contributed by atoms with Gasteiger partial charge in [0, 0.05) is 0 Å². The van der Waals surface area contributed by atoms with Crippen molar-refractivity contribution < 1.29 is 5.11 Å². The molecule has 0 radical (unpaired) electrons. The molecule has 1 atom stereocenters. The van der Waals surface area contributed by atoms with Gasteiger partial charge in [-0.3, -0.25) is 0 Å². The zero-order chi connectivity index (χ0) is 8.48. The Morgan fingerprint density at radius 1 is 1.64 bits per heavy atom. The van der Waals surface area contributed by atoms with E-state index in [2.05, 4.69) is 31.9 Å². The highest BCUT2D eigenvalue weighted by atomic mass is 79.9. The summed E-state index contributed by atoms with van der Waals surface area (Å²) in [6.45, 7) is 0. The number of aliphatic hydroxyl groups excluding tert-OH is 1. The molecule has 1 unspecified atom stereocenters. The molecule has 0 spiro atoms. The Hall–Kier alpha value is -0.110. The van der Waals surface area contributed by atoms with Crippen LogP contribution in [0, 0.1) is 11.3 Å². The standard InChI is InChI=1S/C7H5Br2NO/c8-7(9)3-5(4-10)1-2-6(7)11/h1-3,6,11H. The summed E-state index contributed by atoms with van der Waals surface area (Å²) in [6, 6.07) is 1.98. The Morgan fingerprint density at radius 2 is 2.27 bits per heavy atom. The molecule has 0 saturated heterocycles. The van der Waals surface area contributed by atoms with E-state index in [1.54, 1.807) is 18.2 Å². The van der Waals surface area contributed by atoms with Gasteiger partial charge in [-0.1, -0.05) is 37.9 Å². The molecule has 0 aromatic carbocycles. The first-order valence-electron chi connectivity index (χ1n) is 2.93. The SMILES string of the molecule is N#CC1=CC(Br)(Br)C(O)C=C1. The van der Waals surface area contributed by atoms with Gasteiger partial charge in [0.25, 0.3) is 0 Å². The second-order valence-corrected chi connectivity index (χ2v) is 5.88. The monoisotopic (exact) mass is 277 g/mol. The van der Waals surface area contributed by atoms with Crippen molar-refractivity contribution in [3.05, 3.63) is 23.8 Å². The molecule has 0 aliphatic heterocycles. The Morgan fingerprint density at radius 3 is 2.73 bits per heavy atom. The van der Waals surface area contributed by atoms with Crippen molar-refractivity contribution in [1.29, 1.82) is 5.26 Å². The minimum atomic E-state index is -0.681. The molecule has 0 amide bonds. The summed E-state index contributed by atoms with van der Waals surface area (Å²) in [7, 11) is 0. The summed E-state index contributed by atoms with van der Waals surface area (Å²) in [4.78, 5) is 0. The summed E-state index contributed by atoms with van der Waals surface area (Å²) >= 11 is 6.45. The van der Waals surface area contributed by atoms with Gasteiger partial charge in [-0.2, -0.15) is 5.26 Å². The number of nitrogens with zero attached hydrogens (tertiary/aromatic N) is 1. The molecular weight excluding hydrogens is 274 g/mol. The summed E-state index contributed by atoms with van der Waals surface area (Å²) in [6.07, 6.45) is 4.13. The van der Waals surface area contributed by atoms with Crippen molar-refractivity contribution in [3.63, 3.8) is 0 Å². The van der Waals surface area contributed by atoms with Crippen LogP contribution in [-0.2, 0) is 0 Å². The van der Waals surface area contributed by atoms with E-state index in [0.717, 1.165) is 0 Å². The summed E-state index contributed by atoms with van der Waals surface area (Å²) < 4.78 is -0.681. The van der Waals surface area contributed by atoms with Crippen molar-refractivity contribution in [3.8, 4) is 6.07 Å². The normalized spacial score (nSPS) is 27.5. The van der Waals surface area contributed by atoms with Crippen LogP contribution in [0.1, 0.15) is 0 Å². The van der Waals surface area contributed by atoms with E-state index in [1.807, 2.05) is 6.07 Å². The molecule has 1 rings (SSSR count). The van der Waals surface area contributed by atoms with Crippen molar-refractivity contribution in [2.45, 2.75) is 9.34 Å². The third-order valence-electron chi connectivity index (χ3n) is 1.33. The molecule has 58 valence electrons. The number of hydrogen-bond acceptors (Lipinski definition) is 2. The molecule has 0 fully saturated rings. The molecule has 2 nitrogen and oxygen atoms in total. The lowest BCUT2D eigenvalue weighted by molar-refractivity contribution is 0.225. The Labute approximate surface area is 81.5 Å². The predicted molar refractivity (Wildman–Crippen MR) is 49.4 cm³/mol. The number of hydrogen-bond donors (Lipinski definition) is 1. The van der Waals surface area contributed by atoms with E-state index in [4.69, 9.17) is 5.26 Å². The first-order chi connectivity index (χ1) is 5.06. The fourth-order valence-corrected chi connectivity index (χ4v) is 1.53.